The molecule has 0 aliphatic carbocycles. The number of hydrogen-bond donors (Lipinski definition) is 4. The van der Waals surface area contributed by atoms with Crippen molar-refractivity contribution in [1.82, 2.24) is 0 Å². The Labute approximate surface area is 446 Å². The second-order valence-corrected chi connectivity index (χ2v) is 30.2. The highest BCUT2D eigenvalue weighted by Crippen LogP contribution is 2.46. The van der Waals surface area contributed by atoms with Gasteiger partial charge in [-0.1, -0.05) is 220 Å². The van der Waals surface area contributed by atoms with Gasteiger partial charge >= 0.3 is 0 Å². The van der Waals surface area contributed by atoms with Crippen molar-refractivity contribution in [2.24, 2.45) is 0 Å². The zero-order valence-corrected chi connectivity index (χ0v) is 51.5. The van der Waals surface area contributed by atoms with Gasteiger partial charge in [0.05, 0.1) is 0 Å². The van der Waals surface area contributed by atoms with Crippen LogP contribution in [0.3, 0.4) is 0 Å². The summed E-state index contributed by atoms with van der Waals surface area (Å²) in [5.74, 6) is 1.69. The van der Waals surface area contributed by atoms with E-state index in [1.165, 1.54) is 55.6 Å². The van der Waals surface area contributed by atoms with Crippen LogP contribution in [0.1, 0.15) is 266 Å². The number of phenolic OH excluding ortho intramolecular Hbond substituents is 4. The Morgan fingerprint density at radius 1 is 0.247 bits per heavy atom. The van der Waals surface area contributed by atoms with Crippen LogP contribution in [-0.4, -0.2) is 20.4 Å². The highest BCUT2D eigenvalue weighted by molar-refractivity contribution is 5.59. The Morgan fingerprint density at radius 3 is 0.521 bits per heavy atom. The maximum atomic E-state index is 11.6. The average Bonchev–Trinajstić information content (AvgIpc) is 3.18. The van der Waals surface area contributed by atoms with Crippen LogP contribution in [0.5, 0.6) is 23.0 Å². The van der Waals surface area contributed by atoms with Crippen molar-refractivity contribution < 1.29 is 20.4 Å². The lowest BCUT2D eigenvalue weighted by Gasteiger charge is -2.30. The molecule has 0 saturated heterocycles. The fourth-order valence-electron chi connectivity index (χ4n) is 10.5. The molecule has 4 N–H and O–H groups in total. The summed E-state index contributed by atoms with van der Waals surface area (Å²) in [5, 5.41) is 45.3. The summed E-state index contributed by atoms with van der Waals surface area (Å²) in [6.07, 6.45) is 2.24. The zero-order chi connectivity index (χ0) is 56.5. The molecule has 73 heavy (non-hydrogen) atoms. The molecule has 0 aliphatic heterocycles. The van der Waals surface area contributed by atoms with Crippen molar-refractivity contribution in [1.29, 1.82) is 0 Å². The number of benzene rings is 5. The van der Waals surface area contributed by atoms with Crippen LogP contribution >= 0.6 is 0 Å². The summed E-state index contributed by atoms with van der Waals surface area (Å²) >= 11 is 0. The first-order valence-corrected chi connectivity index (χ1v) is 27.1. The third-order valence-corrected chi connectivity index (χ3v) is 15.1. The Balaban J connectivity index is 0.000000613. The second-order valence-electron chi connectivity index (χ2n) is 30.2. The number of rotatable bonds is 6. The lowest BCUT2D eigenvalue weighted by atomic mass is 9.75. The van der Waals surface area contributed by atoms with E-state index >= 15 is 0 Å². The summed E-state index contributed by atoms with van der Waals surface area (Å²) in [7, 11) is 0. The van der Waals surface area contributed by atoms with Gasteiger partial charge in [-0.15, -0.1) is 0 Å². The molecule has 0 saturated carbocycles. The van der Waals surface area contributed by atoms with E-state index in [9.17, 15) is 20.4 Å². The van der Waals surface area contributed by atoms with Gasteiger partial charge in [0.1, 0.15) is 23.0 Å². The molecule has 4 nitrogen and oxygen atoms in total. The first-order valence-electron chi connectivity index (χ1n) is 27.1. The number of aryl methyl sites for hydroxylation is 1. The van der Waals surface area contributed by atoms with E-state index in [0.717, 1.165) is 63.8 Å². The zero-order valence-electron chi connectivity index (χ0n) is 51.5. The van der Waals surface area contributed by atoms with E-state index < -0.39 is 0 Å². The van der Waals surface area contributed by atoms with Crippen molar-refractivity contribution in [3.8, 4) is 23.0 Å². The van der Waals surface area contributed by atoms with Crippen molar-refractivity contribution >= 4 is 0 Å². The van der Waals surface area contributed by atoms with Crippen LogP contribution in [-0.2, 0) is 62.6 Å². The van der Waals surface area contributed by atoms with Gasteiger partial charge in [-0.3, -0.25) is 0 Å². The fourth-order valence-corrected chi connectivity index (χ4v) is 10.5. The van der Waals surface area contributed by atoms with E-state index in [2.05, 4.69) is 242 Å². The number of aromatic hydroxyl groups is 4. The second kappa shape index (κ2) is 20.4. The lowest BCUT2D eigenvalue weighted by molar-refractivity contribution is 0.422. The van der Waals surface area contributed by atoms with Crippen LogP contribution in [0, 0.1) is 27.7 Å². The van der Waals surface area contributed by atoms with Crippen LogP contribution in [0.4, 0.5) is 0 Å². The predicted molar refractivity (Wildman–Crippen MR) is 316 cm³/mol. The van der Waals surface area contributed by atoms with E-state index in [1.807, 2.05) is 0 Å². The molecule has 0 aliphatic rings. The minimum Gasteiger partial charge on any atom is -0.507 e. The van der Waals surface area contributed by atoms with E-state index in [0.29, 0.717) is 23.0 Å². The predicted octanol–water partition coefficient (Wildman–Crippen LogP) is 18.6. The Hall–Kier alpha value is -4.70. The van der Waals surface area contributed by atoms with Crippen LogP contribution in [0.2, 0.25) is 0 Å². The van der Waals surface area contributed by atoms with Gasteiger partial charge in [-0.05, 0) is 185 Å². The molecule has 0 heterocycles. The molecule has 5 aromatic rings. The maximum Gasteiger partial charge on any atom is 0.123 e. The summed E-state index contributed by atoms with van der Waals surface area (Å²) in [4.78, 5) is 0. The van der Waals surface area contributed by atoms with Gasteiger partial charge in [-0.25, -0.2) is 0 Å². The molecule has 0 radical (unpaired) electrons. The van der Waals surface area contributed by atoms with Gasteiger partial charge in [0, 0.05) is 0 Å². The third kappa shape index (κ3) is 14.0. The molecule has 0 bridgehead atoms. The quantitative estimate of drug-likeness (QED) is 0.137. The molecule has 0 atom stereocenters. The van der Waals surface area contributed by atoms with Crippen molar-refractivity contribution in [3.05, 3.63) is 149 Å². The highest BCUT2D eigenvalue weighted by Gasteiger charge is 2.32. The van der Waals surface area contributed by atoms with Crippen LogP contribution in [0.25, 0.3) is 0 Å². The lowest BCUT2D eigenvalue weighted by Crippen LogP contribution is -2.19. The largest absolute Gasteiger partial charge is 0.507 e. The maximum absolute atomic E-state index is 11.6. The van der Waals surface area contributed by atoms with Crippen molar-refractivity contribution in [2.75, 3.05) is 0 Å². The third-order valence-electron chi connectivity index (χ3n) is 15.1. The molecule has 0 unspecified atom stereocenters. The van der Waals surface area contributed by atoms with E-state index in [1.54, 1.807) is 0 Å². The van der Waals surface area contributed by atoms with Gasteiger partial charge in [0.15, 0.2) is 0 Å². The minimum absolute atomic E-state index is 0.0178. The summed E-state index contributed by atoms with van der Waals surface area (Å²) in [6, 6.07) is 17.6. The Bertz CT molecular complexity index is 2420. The topological polar surface area (TPSA) is 80.9 Å². The molecular weight excluding hydrogens is 893 g/mol. The Kier molecular flexibility index (Phi) is 17.0. The highest BCUT2D eigenvalue weighted by atomic mass is 16.3. The van der Waals surface area contributed by atoms with Crippen LogP contribution in [0.15, 0.2) is 48.5 Å². The standard InChI is InChI=1S/C54H78O3.C15H24O/c1-31-37(22-34-25-40(49(4,5)6)46(55)41(26-34)50(7,8)9)32(2)39(24-36-29-44(53(16,17)18)48(57)45(30-36)54(19,20)21)33(3)38(31)23-35-27-42(51(10,11)12)47(56)43(28-35)52(13,14)15;1-10-8-11(14(2,3)4)13(16)12(9-10)15(5,6)7/h25-30,55-57H,22-24H2,1-21H3;8-9,16H,1-7H3. The van der Waals surface area contributed by atoms with Crippen molar-refractivity contribution in [3.63, 3.8) is 0 Å². The molecule has 0 fully saturated rings. The molecule has 0 spiro atoms. The molecule has 0 aromatic heterocycles. The summed E-state index contributed by atoms with van der Waals surface area (Å²) in [5.41, 5.74) is 19.3. The molecule has 5 rings (SSSR count). The van der Waals surface area contributed by atoms with Gasteiger partial charge in [-0.2, -0.15) is 0 Å². The van der Waals surface area contributed by atoms with Gasteiger partial charge in [0.2, 0.25) is 0 Å². The summed E-state index contributed by atoms with van der Waals surface area (Å²) < 4.78 is 0. The smallest absolute Gasteiger partial charge is 0.123 e. The fraction of sp³-hybridized carbons (Fsp3) is 0.565. The number of phenols is 4. The van der Waals surface area contributed by atoms with Crippen LogP contribution < -0.4 is 0 Å². The normalized spacial score (nSPS) is 13.3. The summed E-state index contributed by atoms with van der Waals surface area (Å²) in [6.45, 7) is 61.1. The number of hydrogen-bond acceptors (Lipinski definition) is 4. The molecule has 5 aromatic carbocycles. The Morgan fingerprint density at radius 2 is 0.384 bits per heavy atom. The molecule has 0 amide bonds. The van der Waals surface area contributed by atoms with Gasteiger partial charge in [0.25, 0.3) is 0 Å². The monoisotopic (exact) mass is 995 g/mol. The first-order chi connectivity index (χ1) is 32.6. The first kappa shape index (κ1) is 60.9. The van der Waals surface area contributed by atoms with E-state index in [4.69, 9.17) is 0 Å². The average molecular weight is 996 g/mol. The molecule has 4 heteroatoms. The molecule has 402 valence electrons. The molecular formula is C69H102O4. The van der Waals surface area contributed by atoms with Gasteiger partial charge < -0.3 is 20.4 Å². The van der Waals surface area contributed by atoms with E-state index in [-0.39, 0.29) is 43.3 Å². The minimum atomic E-state index is -0.226. The van der Waals surface area contributed by atoms with Crippen molar-refractivity contribution in [2.45, 2.75) is 256 Å². The SMILES string of the molecule is Cc1c(Cc2cc(C(C)(C)C)c(O)c(C(C)(C)C)c2)c(C)c(Cc2cc(C(C)(C)C)c(O)c(C(C)(C)C)c2)c(C)c1Cc1cc(C(C)(C)C)c(O)c(C(C)(C)C)c1.Cc1cc(C(C)(C)C)c(O)c(C(C)(C)C)c1.